The van der Waals surface area contributed by atoms with Crippen LogP contribution in [-0.2, 0) is 19.0 Å². The van der Waals surface area contributed by atoms with Gasteiger partial charge < -0.3 is 9.47 Å². The van der Waals surface area contributed by atoms with Crippen molar-refractivity contribution in [3.63, 3.8) is 0 Å². The topological polar surface area (TPSA) is 65.9 Å². The molecule has 0 bridgehead atoms. The van der Waals surface area contributed by atoms with E-state index in [1.54, 1.807) is 19.1 Å². The third kappa shape index (κ3) is 5.36. The largest absolute Gasteiger partial charge is 0.493 e. The first-order valence-corrected chi connectivity index (χ1v) is 10.2. The fourth-order valence-corrected chi connectivity index (χ4v) is 3.48. The molecule has 1 aliphatic rings. The molecule has 1 aliphatic heterocycles. The van der Waals surface area contributed by atoms with Gasteiger partial charge in [-0.3, -0.25) is 15.2 Å². The molecular formula is C23H21F6N3O3. The molecule has 3 rings (SSSR count). The fourth-order valence-electron chi connectivity index (χ4n) is 3.48. The smallest absolute Gasteiger partial charge is 0.416 e. The Labute approximate surface area is 196 Å². The number of carbonyl (C=O) groups excluding carboxylic acids is 1. The van der Waals surface area contributed by atoms with E-state index in [-0.39, 0.29) is 29.4 Å². The molecule has 0 unspecified atom stereocenters. The van der Waals surface area contributed by atoms with Crippen molar-refractivity contribution in [2.75, 3.05) is 20.7 Å². The zero-order chi connectivity index (χ0) is 26.1. The van der Waals surface area contributed by atoms with Crippen molar-refractivity contribution in [2.45, 2.75) is 25.9 Å². The Kier molecular flexibility index (Phi) is 7.04. The predicted molar refractivity (Wildman–Crippen MR) is 115 cm³/mol. The lowest BCUT2D eigenvalue weighted by Gasteiger charge is -2.17. The van der Waals surface area contributed by atoms with Crippen LogP contribution in [0.25, 0.3) is 6.08 Å². The van der Waals surface area contributed by atoms with Gasteiger partial charge in [-0.1, -0.05) is 12.1 Å². The van der Waals surface area contributed by atoms with E-state index < -0.39 is 35.6 Å². The average molecular weight is 501 g/mol. The van der Waals surface area contributed by atoms with Crippen molar-refractivity contribution in [1.29, 1.82) is 5.41 Å². The van der Waals surface area contributed by atoms with Crippen molar-refractivity contribution >= 4 is 17.9 Å². The molecule has 1 fully saturated rings. The quantitative estimate of drug-likeness (QED) is 0.493. The van der Waals surface area contributed by atoms with Crippen LogP contribution in [0.3, 0.4) is 0 Å². The monoisotopic (exact) mass is 501 g/mol. The Balaban J connectivity index is 1.87. The fraction of sp³-hybridized carbons (Fsp3) is 0.304. The van der Waals surface area contributed by atoms with Crippen molar-refractivity contribution < 1.29 is 40.6 Å². The predicted octanol–water partition coefficient (Wildman–Crippen LogP) is 6.02. The minimum atomic E-state index is -5.01. The van der Waals surface area contributed by atoms with E-state index >= 15 is 0 Å². The van der Waals surface area contributed by atoms with Gasteiger partial charge in [0.1, 0.15) is 6.61 Å². The number of ether oxygens (including phenoxy) is 2. The van der Waals surface area contributed by atoms with Crippen LogP contribution in [-0.4, -0.2) is 42.4 Å². The lowest BCUT2D eigenvalue weighted by molar-refractivity contribution is -0.143. The second-order valence-electron chi connectivity index (χ2n) is 7.53. The molecule has 2 aromatic rings. The van der Waals surface area contributed by atoms with Crippen molar-refractivity contribution in [1.82, 2.24) is 9.80 Å². The summed E-state index contributed by atoms with van der Waals surface area (Å²) in [6, 6.07) is 5.46. The number of likely N-dealkylation sites (N-methyl/N-ethyl adjacent to an activating group) is 2. The number of benzene rings is 2. The maximum Gasteiger partial charge on any atom is 0.416 e. The van der Waals surface area contributed by atoms with E-state index in [1.807, 2.05) is 0 Å². The number of nitrogens with one attached hydrogen (secondary N) is 1. The zero-order valence-electron chi connectivity index (χ0n) is 18.8. The van der Waals surface area contributed by atoms with Crippen LogP contribution in [0.1, 0.15) is 29.2 Å². The number of amides is 2. The summed E-state index contributed by atoms with van der Waals surface area (Å²) in [5.74, 6) is 0.218. The number of alkyl halides is 6. The van der Waals surface area contributed by atoms with Crippen LogP contribution in [0, 0.1) is 5.41 Å². The van der Waals surface area contributed by atoms with Crippen LogP contribution in [0.5, 0.6) is 11.5 Å². The van der Waals surface area contributed by atoms with Gasteiger partial charge >= 0.3 is 18.4 Å². The van der Waals surface area contributed by atoms with Gasteiger partial charge in [0, 0.05) is 19.2 Å². The minimum Gasteiger partial charge on any atom is -0.493 e. The van der Waals surface area contributed by atoms with Crippen LogP contribution in [0.4, 0.5) is 31.1 Å². The van der Waals surface area contributed by atoms with E-state index in [4.69, 9.17) is 14.9 Å². The van der Waals surface area contributed by atoms with Crippen molar-refractivity contribution in [2.24, 2.45) is 0 Å². The molecule has 0 radical (unpaired) electrons. The second-order valence-corrected chi connectivity index (χ2v) is 7.53. The minimum absolute atomic E-state index is 0.0151. The Bertz CT molecular complexity index is 1170. The molecule has 0 aliphatic carbocycles. The van der Waals surface area contributed by atoms with Gasteiger partial charge in [-0.2, -0.15) is 26.3 Å². The summed E-state index contributed by atoms with van der Waals surface area (Å²) < 4.78 is 89.5. The van der Waals surface area contributed by atoms with Crippen LogP contribution in [0.15, 0.2) is 42.1 Å². The standard InChI is InChI=1S/C23H21F6N3O3/c1-4-32-20(30)17(31(2)21(32)33)9-13-5-8-18(19(10-13)34-3)35-12-14-6-7-15(22(24,25)26)11-16(14)23(27,28)29/h5-11,30H,4,12H2,1-3H3. The molecule has 0 atom stereocenters. The number of hydrogen-bond acceptors (Lipinski definition) is 4. The van der Waals surface area contributed by atoms with Gasteiger partial charge in [0.2, 0.25) is 0 Å². The molecule has 2 aromatic carbocycles. The molecule has 1 heterocycles. The Morgan fingerprint density at radius 2 is 1.69 bits per heavy atom. The lowest BCUT2D eigenvalue weighted by Crippen LogP contribution is -2.30. The number of nitrogens with zero attached hydrogens (tertiary/aromatic N) is 2. The molecule has 0 aromatic heterocycles. The first kappa shape index (κ1) is 25.9. The van der Waals surface area contributed by atoms with Gasteiger partial charge in [-0.05, 0) is 42.8 Å². The van der Waals surface area contributed by atoms with Gasteiger partial charge in [0.05, 0.1) is 23.9 Å². The molecule has 0 spiro atoms. The van der Waals surface area contributed by atoms with Crippen LogP contribution < -0.4 is 9.47 Å². The first-order valence-electron chi connectivity index (χ1n) is 10.2. The third-order valence-electron chi connectivity index (χ3n) is 5.32. The summed E-state index contributed by atoms with van der Waals surface area (Å²) in [5, 5.41) is 8.18. The van der Waals surface area contributed by atoms with E-state index in [1.165, 1.54) is 36.1 Å². The van der Waals surface area contributed by atoms with Crippen LogP contribution >= 0.6 is 0 Å². The maximum absolute atomic E-state index is 13.4. The lowest BCUT2D eigenvalue weighted by atomic mass is 10.0. The number of hydrogen-bond donors (Lipinski definition) is 1. The van der Waals surface area contributed by atoms with E-state index in [2.05, 4.69) is 0 Å². The average Bonchev–Trinajstić information content (AvgIpc) is 2.99. The highest BCUT2D eigenvalue weighted by Crippen LogP contribution is 2.38. The summed E-state index contributed by atoms with van der Waals surface area (Å²) in [5.41, 5.74) is -2.46. The highest BCUT2D eigenvalue weighted by atomic mass is 19.4. The molecule has 6 nitrogen and oxygen atoms in total. The molecule has 0 saturated carbocycles. The second kappa shape index (κ2) is 9.51. The number of carbonyl (C=O) groups is 1. The Morgan fingerprint density at radius 1 is 1.00 bits per heavy atom. The summed E-state index contributed by atoms with van der Waals surface area (Å²) in [6.07, 6.45) is -8.36. The summed E-state index contributed by atoms with van der Waals surface area (Å²) >= 11 is 0. The normalized spacial score (nSPS) is 15.9. The number of urea groups is 1. The summed E-state index contributed by atoms with van der Waals surface area (Å²) in [6.45, 7) is 1.40. The molecular weight excluding hydrogens is 480 g/mol. The van der Waals surface area contributed by atoms with Crippen molar-refractivity contribution in [3.05, 3.63) is 64.3 Å². The SMILES string of the molecule is CCN1C(=N)C(=Cc2ccc(OCc3ccc(C(F)(F)F)cc3C(F)(F)F)c(OC)c2)N(C)C1=O. The van der Waals surface area contributed by atoms with Gasteiger partial charge in [-0.15, -0.1) is 0 Å². The maximum atomic E-state index is 13.4. The number of amidine groups is 1. The summed E-state index contributed by atoms with van der Waals surface area (Å²) in [4.78, 5) is 14.8. The molecule has 2 amide bonds. The molecule has 35 heavy (non-hydrogen) atoms. The van der Waals surface area contributed by atoms with Gasteiger partial charge in [0.15, 0.2) is 17.3 Å². The summed E-state index contributed by atoms with van der Waals surface area (Å²) in [7, 11) is 2.83. The number of rotatable bonds is 6. The molecule has 1 saturated heterocycles. The van der Waals surface area contributed by atoms with E-state index in [0.29, 0.717) is 23.9 Å². The zero-order valence-corrected chi connectivity index (χ0v) is 18.8. The molecule has 188 valence electrons. The Hall–Kier alpha value is -3.70. The molecule has 12 heteroatoms. The van der Waals surface area contributed by atoms with E-state index in [0.717, 1.165) is 6.07 Å². The van der Waals surface area contributed by atoms with Gasteiger partial charge in [0.25, 0.3) is 0 Å². The number of halogens is 6. The number of methoxy groups -OCH3 is 1. The first-order chi connectivity index (χ1) is 16.3. The van der Waals surface area contributed by atoms with E-state index in [9.17, 15) is 31.1 Å². The third-order valence-corrected chi connectivity index (χ3v) is 5.32. The Morgan fingerprint density at radius 3 is 2.23 bits per heavy atom. The van der Waals surface area contributed by atoms with Gasteiger partial charge in [-0.25, -0.2) is 4.79 Å². The highest BCUT2D eigenvalue weighted by molar-refractivity contribution is 6.15. The highest BCUT2D eigenvalue weighted by Gasteiger charge is 2.38. The van der Waals surface area contributed by atoms with Crippen LogP contribution in [0.2, 0.25) is 0 Å². The van der Waals surface area contributed by atoms with Crippen molar-refractivity contribution in [3.8, 4) is 11.5 Å². The molecule has 1 N–H and O–H groups in total.